The third kappa shape index (κ3) is 7.97. The van der Waals surface area contributed by atoms with Crippen molar-refractivity contribution in [3.63, 3.8) is 0 Å². The van der Waals surface area contributed by atoms with Gasteiger partial charge < -0.3 is 10.1 Å². The standard InChI is InChI=1S/C17H22F3N3O4/c1-3-11-23(14(24)9-10-15(25)27-4-2)22-16(26)21-13-7-5-12(6-8-13)17(18,19)20/h5-8H,3-4,9-11H2,1-2H3,(H2,21,22,26). The second kappa shape index (κ2) is 10.4. The molecule has 1 aromatic carbocycles. The Balaban J connectivity index is 2.61. The lowest BCUT2D eigenvalue weighted by molar-refractivity contribution is -0.146. The first-order valence-electron chi connectivity index (χ1n) is 8.38. The maximum atomic E-state index is 12.5. The third-order valence-corrected chi connectivity index (χ3v) is 3.30. The van der Waals surface area contributed by atoms with E-state index in [4.69, 9.17) is 4.74 Å². The number of urea groups is 1. The number of alkyl halides is 3. The van der Waals surface area contributed by atoms with E-state index in [2.05, 4.69) is 10.7 Å². The van der Waals surface area contributed by atoms with Crippen LogP contribution in [0.25, 0.3) is 0 Å². The molecule has 150 valence electrons. The summed E-state index contributed by atoms with van der Waals surface area (Å²) in [7, 11) is 0. The lowest BCUT2D eigenvalue weighted by atomic mass is 10.2. The highest BCUT2D eigenvalue weighted by Crippen LogP contribution is 2.29. The lowest BCUT2D eigenvalue weighted by Gasteiger charge is -2.23. The minimum Gasteiger partial charge on any atom is -0.466 e. The molecule has 0 aliphatic heterocycles. The van der Waals surface area contributed by atoms with E-state index in [0.29, 0.717) is 6.42 Å². The Kier molecular flexibility index (Phi) is 8.57. The van der Waals surface area contributed by atoms with E-state index in [-0.39, 0.29) is 31.7 Å². The smallest absolute Gasteiger partial charge is 0.416 e. The van der Waals surface area contributed by atoms with E-state index < -0.39 is 29.6 Å². The number of nitrogens with zero attached hydrogens (tertiary/aromatic N) is 1. The molecule has 0 heterocycles. The van der Waals surface area contributed by atoms with Crippen LogP contribution in [0.2, 0.25) is 0 Å². The number of benzene rings is 1. The Hall–Kier alpha value is -2.78. The second-order valence-electron chi connectivity index (χ2n) is 5.49. The Morgan fingerprint density at radius 2 is 1.70 bits per heavy atom. The fourth-order valence-corrected chi connectivity index (χ4v) is 2.07. The number of hydrogen-bond acceptors (Lipinski definition) is 4. The van der Waals surface area contributed by atoms with Crippen molar-refractivity contribution in [3.8, 4) is 0 Å². The molecule has 27 heavy (non-hydrogen) atoms. The quantitative estimate of drug-likeness (QED) is 0.553. The van der Waals surface area contributed by atoms with Crippen molar-refractivity contribution in [3.05, 3.63) is 29.8 Å². The predicted molar refractivity (Wildman–Crippen MR) is 91.5 cm³/mol. The molecule has 0 aliphatic carbocycles. The van der Waals surface area contributed by atoms with Crippen LogP contribution in [-0.4, -0.2) is 36.1 Å². The number of halogens is 3. The second-order valence-corrected chi connectivity index (χ2v) is 5.49. The van der Waals surface area contributed by atoms with Crippen LogP contribution in [0.3, 0.4) is 0 Å². The SMILES string of the molecule is CCCN(NC(=O)Nc1ccc(C(F)(F)F)cc1)C(=O)CCC(=O)OCC. The predicted octanol–water partition coefficient (Wildman–Crippen LogP) is 3.32. The number of rotatable bonds is 7. The van der Waals surface area contributed by atoms with Crippen molar-refractivity contribution in [2.75, 3.05) is 18.5 Å². The summed E-state index contributed by atoms with van der Waals surface area (Å²) in [5.41, 5.74) is 1.62. The molecule has 0 aromatic heterocycles. The van der Waals surface area contributed by atoms with Crippen molar-refractivity contribution in [2.24, 2.45) is 0 Å². The average molecular weight is 389 g/mol. The van der Waals surface area contributed by atoms with Gasteiger partial charge in [0.25, 0.3) is 0 Å². The summed E-state index contributed by atoms with van der Waals surface area (Å²) < 4.78 is 42.3. The summed E-state index contributed by atoms with van der Waals surface area (Å²) >= 11 is 0. The molecule has 0 radical (unpaired) electrons. The van der Waals surface area contributed by atoms with E-state index in [0.717, 1.165) is 29.3 Å². The molecule has 0 spiro atoms. The fraction of sp³-hybridized carbons (Fsp3) is 0.471. The van der Waals surface area contributed by atoms with Gasteiger partial charge in [0.05, 0.1) is 18.6 Å². The van der Waals surface area contributed by atoms with Gasteiger partial charge in [-0.25, -0.2) is 10.2 Å². The van der Waals surface area contributed by atoms with E-state index in [1.165, 1.54) is 0 Å². The molecule has 0 saturated heterocycles. The summed E-state index contributed by atoms with van der Waals surface area (Å²) in [4.78, 5) is 35.4. The van der Waals surface area contributed by atoms with Crippen LogP contribution < -0.4 is 10.7 Å². The van der Waals surface area contributed by atoms with Gasteiger partial charge in [0.15, 0.2) is 0 Å². The summed E-state index contributed by atoms with van der Waals surface area (Å²) in [6, 6.07) is 3.10. The molecule has 1 rings (SSSR count). The van der Waals surface area contributed by atoms with Crippen LogP contribution in [0, 0.1) is 0 Å². The molecule has 0 fully saturated rings. The first kappa shape index (κ1) is 22.3. The Morgan fingerprint density at radius 1 is 1.07 bits per heavy atom. The summed E-state index contributed by atoms with van der Waals surface area (Å²) in [5.74, 6) is -0.996. The molecule has 0 aliphatic rings. The molecule has 3 amide bonds. The Bertz CT molecular complexity index is 648. The van der Waals surface area contributed by atoms with E-state index in [9.17, 15) is 27.6 Å². The minimum absolute atomic E-state index is 0.116. The molecule has 0 atom stereocenters. The van der Waals surface area contributed by atoms with Gasteiger partial charge in [-0.15, -0.1) is 0 Å². The maximum absolute atomic E-state index is 12.5. The van der Waals surface area contributed by atoms with Gasteiger partial charge in [0.1, 0.15) is 0 Å². The lowest BCUT2D eigenvalue weighted by Crippen LogP contribution is -2.48. The van der Waals surface area contributed by atoms with Crippen LogP contribution >= 0.6 is 0 Å². The number of anilines is 1. The number of ether oxygens (including phenoxy) is 1. The molecule has 0 saturated carbocycles. The number of esters is 1. The molecular weight excluding hydrogens is 367 g/mol. The molecule has 10 heteroatoms. The molecule has 7 nitrogen and oxygen atoms in total. The van der Waals surface area contributed by atoms with Crippen LogP contribution in [-0.2, 0) is 20.5 Å². The molecule has 0 unspecified atom stereocenters. The van der Waals surface area contributed by atoms with Crippen molar-refractivity contribution < 1.29 is 32.3 Å². The third-order valence-electron chi connectivity index (χ3n) is 3.30. The summed E-state index contributed by atoms with van der Waals surface area (Å²) in [6.45, 7) is 3.86. The van der Waals surface area contributed by atoms with E-state index in [1.807, 2.05) is 0 Å². The number of hydrazine groups is 1. The highest BCUT2D eigenvalue weighted by molar-refractivity contribution is 5.91. The largest absolute Gasteiger partial charge is 0.466 e. The van der Waals surface area contributed by atoms with Crippen molar-refractivity contribution in [2.45, 2.75) is 39.3 Å². The van der Waals surface area contributed by atoms with Crippen molar-refractivity contribution in [1.29, 1.82) is 0 Å². The number of carbonyl (C=O) groups is 3. The topological polar surface area (TPSA) is 87.7 Å². The zero-order valence-corrected chi connectivity index (χ0v) is 15.1. The molecule has 2 N–H and O–H groups in total. The molecule has 0 bridgehead atoms. The van der Waals surface area contributed by atoms with Crippen LogP contribution in [0.1, 0.15) is 38.7 Å². The first-order chi connectivity index (χ1) is 12.7. The Labute approximate surface area is 154 Å². The highest BCUT2D eigenvalue weighted by Gasteiger charge is 2.30. The normalized spacial score (nSPS) is 10.9. The van der Waals surface area contributed by atoms with Crippen LogP contribution in [0.5, 0.6) is 0 Å². The Morgan fingerprint density at radius 3 is 2.22 bits per heavy atom. The van der Waals surface area contributed by atoms with Gasteiger partial charge >= 0.3 is 18.2 Å². The zero-order chi connectivity index (χ0) is 20.4. The fourth-order valence-electron chi connectivity index (χ4n) is 2.07. The van der Waals surface area contributed by atoms with Crippen LogP contribution in [0.4, 0.5) is 23.7 Å². The number of carbonyl (C=O) groups excluding carboxylic acids is 3. The number of amides is 3. The monoisotopic (exact) mass is 389 g/mol. The van der Waals surface area contributed by atoms with Gasteiger partial charge in [0.2, 0.25) is 5.91 Å². The van der Waals surface area contributed by atoms with Crippen LogP contribution in [0.15, 0.2) is 24.3 Å². The average Bonchev–Trinajstić information content (AvgIpc) is 2.59. The van der Waals surface area contributed by atoms with Gasteiger partial charge in [-0.1, -0.05) is 6.92 Å². The summed E-state index contributed by atoms with van der Waals surface area (Å²) in [5, 5.41) is 3.40. The van der Waals surface area contributed by atoms with Gasteiger partial charge in [0, 0.05) is 18.7 Å². The molecular formula is C17H22F3N3O4. The van der Waals surface area contributed by atoms with Crippen molar-refractivity contribution in [1.82, 2.24) is 10.4 Å². The first-order valence-corrected chi connectivity index (χ1v) is 8.38. The van der Waals surface area contributed by atoms with Gasteiger partial charge in [-0.2, -0.15) is 13.2 Å². The zero-order valence-electron chi connectivity index (χ0n) is 15.1. The van der Waals surface area contributed by atoms with Gasteiger partial charge in [-0.3, -0.25) is 14.6 Å². The van der Waals surface area contributed by atoms with Gasteiger partial charge in [-0.05, 0) is 37.6 Å². The maximum Gasteiger partial charge on any atom is 0.416 e. The van der Waals surface area contributed by atoms with E-state index >= 15 is 0 Å². The highest BCUT2D eigenvalue weighted by atomic mass is 19.4. The minimum atomic E-state index is -4.47. The summed E-state index contributed by atoms with van der Waals surface area (Å²) in [6.07, 6.45) is -4.18. The number of nitrogens with one attached hydrogen (secondary N) is 2. The number of hydrogen-bond donors (Lipinski definition) is 2. The van der Waals surface area contributed by atoms with Crippen molar-refractivity contribution >= 4 is 23.6 Å². The molecule has 1 aromatic rings. The van der Waals surface area contributed by atoms with E-state index in [1.54, 1.807) is 13.8 Å².